The van der Waals surface area contributed by atoms with E-state index < -0.39 is 0 Å². The van der Waals surface area contributed by atoms with Crippen LogP contribution in [-0.2, 0) is 4.74 Å². The van der Waals surface area contributed by atoms with Crippen LogP contribution in [0.1, 0.15) is 32.4 Å². The zero-order valence-corrected chi connectivity index (χ0v) is 16.4. The number of halogens is 1. The topological polar surface area (TPSA) is 48.9 Å². The normalized spacial score (nSPS) is 18.6. The third kappa shape index (κ3) is 7.22. The largest absolute Gasteiger partial charge is 0.379 e. The molecule has 0 radical (unpaired) electrons. The summed E-state index contributed by atoms with van der Waals surface area (Å²) in [5.41, 5.74) is 1.19. The van der Waals surface area contributed by atoms with E-state index in [-0.39, 0.29) is 6.04 Å². The van der Waals surface area contributed by atoms with Crippen molar-refractivity contribution in [2.24, 2.45) is 10.9 Å². The van der Waals surface area contributed by atoms with E-state index in [9.17, 15) is 0 Å². The zero-order valence-electron chi connectivity index (χ0n) is 15.6. The van der Waals surface area contributed by atoms with E-state index in [0.717, 1.165) is 56.9 Å². The molecule has 1 aliphatic rings. The standard InChI is InChI=1S/C19H31ClN4O/c1-4-21-19(23-16(3)17-5-7-18(20)8-6-17)22-13-15(2)14-24-9-11-25-12-10-24/h5-8,15-16H,4,9-14H2,1-3H3,(H2,21,22,23). The van der Waals surface area contributed by atoms with Gasteiger partial charge in [0.25, 0.3) is 0 Å². The van der Waals surface area contributed by atoms with Gasteiger partial charge in [-0.25, -0.2) is 0 Å². The van der Waals surface area contributed by atoms with E-state index in [1.807, 2.05) is 24.3 Å². The van der Waals surface area contributed by atoms with Gasteiger partial charge in [0.2, 0.25) is 0 Å². The molecule has 0 aliphatic carbocycles. The summed E-state index contributed by atoms with van der Waals surface area (Å²) in [5.74, 6) is 1.37. The first-order valence-electron chi connectivity index (χ1n) is 9.19. The molecule has 25 heavy (non-hydrogen) atoms. The van der Waals surface area contributed by atoms with E-state index in [4.69, 9.17) is 21.3 Å². The van der Waals surface area contributed by atoms with Gasteiger partial charge in [0.1, 0.15) is 0 Å². The van der Waals surface area contributed by atoms with Crippen LogP contribution < -0.4 is 10.6 Å². The second kappa shape index (κ2) is 10.6. The number of hydrogen-bond donors (Lipinski definition) is 2. The van der Waals surface area contributed by atoms with Gasteiger partial charge in [-0.3, -0.25) is 9.89 Å². The highest BCUT2D eigenvalue weighted by Crippen LogP contribution is 2.16. The lowest BCUT2D eigenvalue weighted by atomic mass is 10.1. The third-order valence-electron chi connectivity index (χ3n) is 4.30. The van der Waals surface area contributed by atoms with Crippen LogP contribution in [0.5, 0.6) is 0 Å². The Balaban J connectivity index is 1.87. The summed E-state index contributed by atoms with van der Waals surface area (Å²) in [7, 11) is 0. The van der Waals surface area contributed by atoms with Crippen LogP contribution in [-0.4, -0.2) is 56.8 Å². The first-order valence-corrected chi connectivity index (χ1v) is 9.56. The number of morpholine rings is 1. The average Bonchev–Trinajstić information content (AvgIpc) is 2.61. The molecule has 1 saturated heterocycles. The van der Waals surface area contributed by atoms with Gasteiger partial charge in [0, 0.05) is 37.7 Å². The van der Waals surface area contributed by atoms with Crippen molar-refractivity contribution in [1.29, 1.82) is 0 Å². The van der Waals surface area contributed by atoms with Crippen LogP contribution in [0.15, 0.2) is 29.3 Å². The van der Waals surface area contributed by atoms with Crippen molar-refractivity contribution >= 4 is 17.6 Å². The zero-order chi connectivity index (χ0) is 18.1. The van der Waals surface area contributed by atoms with Gasteiger partial charge in [-0.15, -0.1) is 0 Å². The van der Waals surface area contributed by atoms with Crippen LogP contribution in [0.3, 0.4) is 0 Å². The lowest BCUT2D eigenvalue weighted by molar-refractivity contribution is 0.0323. The van der Waals surface area contributed by atoms with Crippen LogP contribution in [0.2, 0.25) is 5.02 Å². The van der Waals surface area contributed by atoms with Crippen LogP contribution in [0.4, 0.5) is 0 Å². The van der Waals surface area contributed by atoms with E-state index in [1.165, 1.54) is 5.56 Å². The monoisotopic (exact) mass is 366 g/mol. The van der Waals surface area contributed by atoms with E-state index in [0.29, 0.717) is 5.92 Å². The molecule has 0 bridgehead atoms. The predicted octanol–water partition coefficient (Wildman–Crippen LogP) is 2.92. The molecule has 2 rings (SSSR count). The summed E-state index contributed by atoms with van der Waals surface area (Å²) < 4.78 is 5.41. The van der Waals surface area contributed by atoms with Gasteiger partial charge in [-0.2, -0.15) is 0 Å². The molecule has 0 aromatic heterocycles. The summed E-state index contributed by atoms with van der Waals surface area (Å²) in [6.45, 7) is 12.9. The van der Waals surface area contributed by atoms with Gasteiger partial charge in [0.15, 0.2) is 5.96 Å². The van der Waals surface area contributed by atoms with Crippen molar-refractivity contribution in [2.75, 3.05) is 45.9 Å². The summed E-state index contributed by atoms with van der Waals surface area (Å²) in [5, 5.41) is 7.57. The average molecular weight is 367 g/mol. The number of nitrogens with zero attached hydrogens (tertiary/aromatic N) is 2. The highest BCUT2D eigenvalue weighted by Gasteiger charge is 2.14. The molecule has 0 saturated carbocycles. The molecular formula is C19H31ClN4O. The number of ether oxygens (including phenoxy) is 1. The highest BCUT2D eigenvalue weighted by atomic mass is 35.5. The number of benzene rings is 1. The van der Waals surface area contributed by atoms with Crippen molar-refractivity contribution in [1.82, 2.24) is 15.5 Å². The fourth-order valence-corrected chi connectivity index (χ4v) is 3.02. The quantitative estimate of drug-likeness (QED) is 0.575. The number of aliphatic imine (C=N–C) groups is 1. The number of guanidine groups is 1. The van der Waals surface area contributed by atoms with Crippen molar-refractivity contribution in [3.05, 3.63) is 34.9 Å². The summed E-state index contributed by atoms with van der Waals surface area (Å²) in [4.78, 5) is 7.23. The summed E-state index contributed by atoms with van der Waals surface area (Å²) in [6, 6.07) is 8.10. The fraction of sp³-hybridized carbons (Fsp3) is 0.632. The van der Waals surface area contributed by atoms with Crippen molar-refractivity contribution in [3.8, 4) is 0 Å². The smallest absolute Gasteiger partial charge is 0.191 e. The molecule has 1 heterocycles. The molecule has 2 unspecified atom stereocenters. The summed E-state index contributed by atoms with van der Waals surface area (Å²) in [6.07, 6.45) is 0. The molecule has 1 aliphatic heterocycles. The minimum Gasteiger partial charge on any atom is -0.379 e. The Kier molecular flexibility index (Phi) is 8.52. The number of hydrogen-bond acceptors (Lipinski definition) is 3. The summed E-state index contributed by atoms with van der Waals surface area (Å²) >= 11 is 5.97. The minimum absolute atomic E-state index is 0.171. The Morgan fingerprint density at radius 1 is 1.24 bits per heavy atom. The second-order valence-corrected chi connectivity index (χ2v) is 7.09. The SMILES string of the molecule is CCNC(=NCC(C)CN1CCOCC1)NC(C)c1ccc(Cl)cc1. The Labute approximate surface area is 156 Å². The number of rotatable bonds is 7. The first-order chi connectivity index (χ1) is 12.1. The maximum Gasteiger partial charge on any atom is 0.191 e. The Morgan fingerprint density at radius 2 is 1.92 bits per heavy atom. The van der Waals surface area contributed by atoms with Crippen molar-refractivity contribution in [2.45, 2.75) is 26.8 Å². The van der Waals surface area contributed by atoms with Crippen molar-refractivity contribution in [3.63, 3.8) is 0 Å². The van der Waals surface area contributed by atoms with Gasteiger partial charge in [0.05, 0.1) is 19.3 Å². The molecule has 2 N–H and O–H groups in total. The first kappa shape index (κ1) is 20.0. The molecule has 140 valence electrons. The maximum atomic E-state index is 5.97. The minimum atomic E-state index is 0.171. The van der Waals surface area contributed by atoms with Gasteiger partial charge < -0.3 is 15.4 Å². The molecule has 1 fully saturated rings. The molecule has 6 heteroatoms. The molecule has 1 aromatic carbocycles. The Hall–Kier alpha value is -1.30. The predicted molar refractivity (Wildman–Crippen MR) is 105 cm³/mol. The molecule has 5 nitrogen and oxygen atoms in total. The molecule has 0 spiro atoms. The van der Waals surface area contributed by atoms with E-state index in [2.05, 4.69) is 36.3 Å². The molecule has 1 aromatic rings. The fourth-order valence-electron chi connectivity index (χ4n) is 2.89. The molecular weight excluding hydrogens is 336 g/mol. The third-order valence-corrected chi connectivity index (χ3v) is 4.55. The van der Waals surface area contributed by atoms with Gasteiger partial charge in [-0.05, 0) is 37.5 Å². The Bertz CT molecular complexity index is 529. The van der Waals surface area contributed by atoms with Crippen LogP contribution >= 0.6 is 11.6 Å². The lowest BCUT2D eigenvalue weighted by Gasteiger charge is -2.28. The van der Waals surface area contributed by atoms with Crippen LogP contribution in [0.25, 0.3) is 0 Å². The van der Waals surface area contributed by atoms with Crippen LogP contribution in [0, 0.1) is 5.92 Å². The molecule has 2 atom stereocenters. The Morgan fingerprint density at radius 3 is 2.56 bits per heavy atom. The lowest BCUT2D eigenvalue weighted by Crippen LogP contribution is -2.41. The van der Waals surface area contributed by atoms with E-state index in [1.54, 1.807) is 0 Å². The van der Waals surface area contributed by atoms with E-state index >= 15 is 0 Å². The number of nitrogens with one attached hydrogen (secondary N) is 2. The van der Waals surface area contributed by atoms with Gasteiger partial charge >= 0.3 is 0 Å². The maximum absolute atomic E-state index is 5.97. The molecule has 0 amide bonds. The van der Waals surface area contributed by atoms with Crippen molar-refractivity contribution < 1.29 is 4.74 Å². The highest BCUT2D eigenvalue weighted by molar-refractivity contribution is 6.30. The van der Waals surface area contributed by atoms with Gasteiger partial charge in [-0.1, -0.05) is 30.7 Å². The second-order valence-electron chi connectivity index (χ2n) is 6.66.